The van der Waals surface area contributed by atoms with Crippen molar-refractivity contribution in [3.05, 3.63) is 89.0 Å². The molecular weight excluding hydrogens is 440 g/mol. The molecule has 1 amide bonds. The second-order valence-corrected chi connectivity index (χ2v) is 9.37. The zero-order valence-electron chi connectivity index (χ0n) is 18.3. The molecule has 1 heterocycles. The lowest BCUT2D eigenvalue weighted by atomic mass is 10.1. The van der Waals surface area contributed by atoms with E-state index in [2.05, 4.69) is 20.2 Å². The van der Waals surface area contributed by atoms with Gasteiger partial charge < -0.3 is 4.42 Å². The van der Waals surface area contributed by atoms with Crippen molar-refractivity contribution in [3.63, 3.8) is 0 Å². The first-order chi connectivity index (χ1) is 15.7. The van der Waals surface area contributed by atoms with E-state index in [1.165, 1.54) is 18.2 Å². The van der Waals surface area contributed by atoms with Crippen LogP contribution in [0.2, 0.25) is 0 Å². The first-order valence-corrected chi connectivity index (χ1v) is 11.6. The van der Waals surface area contributed by atoms with E-state index >= 15 is 0 Å². The zero-order valence-corrected chi connectivity index (χ0v) is 19.1. The van der Waals surface area contributed by atoms with Crippen molar-refractivity contribution in [1.82, 2.24) is 10.2 Å². The lowest BCUT2D eigenvalue weighted by Gasteiger charge is -2.09. The van der Waals surface area contributed by atoms with Crippen LogP contribution in [0.15, 0.2) is 76.0 Å². The maximum absolute atomic E-state index is 12.7. The monoisotopic (exact) mass is 462 g/mol. The summed E-state index contributed by atoms with van der Waals surface area (Å²) in [5.74, 6) is -0.218. The molecule has 8 nitrogen and oxygen atoms in total. The molecule has 0 radical (unpaired) electrons. The van der Waals surface area contributed by atoms with Gasteiger partial charge in [-0.15, -0.1) is 5.10 Å². The predicted molar refractivity (Wildman–Crippen MR) is 126 cm³/mol. The van der Waals surface area contributed by atoms with E-state index < -0.39 is 15.9 Å². The number of rotatable bonds is 6. The Balaban J connectivity index is 1.49. The summed E-state index contributed by atoms with van der Waals surface area (Å²) in [6.07, 6.45) is 0. The van der Waals surface area contributed by atoms with Crippen molar-refractivity contribution in [2.75, 3.05) is 10.0 Å². The lowest BCUT2D eigenvalue weighted by molar-refractivity contribution is 0.102. The zero-order chi connectivity index (χ0) is 23.6. The molecule has 4 aromatic rings. The number of benzene rings is 3. The quantitative estimate of drug-likeness (QED) is 0.429. The van der Waals surface area contributed by atoms with Crippen LogP contribution in [0.25, 0.3) is 11.5 Å². The summed E-state index contributed by atoms with van der Waals surface area (Å²) in [6.45, 7) is 5.80. The van der Waals surface area contributed by atoms with Gasteiger partial charge in [-0.3, -0.25) is 14.8 Å². The summed E-state index contributed by atoms with van der Waals surface area (Å²) in [6, 6.07) is 18.4. The number of hydrogen-bond acceptors (Lipinski definition) is 6. The molecule has 2 N–H and O–H groups in total. The summed E-state index contributed by atoms with van der Waals surface area (Å²) in [5.41, 5.74) is 4.30. The first kappa shape index (κ1) is 22.2. The van der Waals surface area contributed by atoms with Crippen LogP contribution in [-0.2, 0) is 10.0 Å². The minimum absolute atomic E-state index is 0.0550. The van der Waals surface area contributed by atoms with E-state index in [-0.39, 0.29) is 22.2 Å². The normalized spacial score (nSPS) is 11.2. The Morgan fingerprint density at radius 1 is 0.879 bits per heavy atom. The molecule has 0 aliphatic heterocycles. The number of nitrogens with one attached hydrogen (secondary N) is 2. The van der Waals surface area contributed by atoms with Gasteiger partial charge in [0.2, 0.25) is 5.89 Å². The van der Waals surface area contributed by atoms with Crippen molar-refractivity contribution >= 4 is 27.6 Å². The molecule has 168 valence electrons. The summed E-state index contributed by atoms with van der Waals surface area (Å²) in [5, 5.41) is 10.4. The fourth-order valence-corrected chi connectivity index (χ4v) is 4.31. The molecule has 4 rings (SSSR count). The second kappa shape index (κ2) is 8.87. The average molecular weight is 463 g/mol. The van der Waals surface area contributed by atoms with Gasteiger partial charge >= 0.3 is 6.01 Å². The van der Waals surface area contributed by atoms with Crippen LogP contribution in [-0.4, -0.2) is 24.5 Å². The third-order valence-corrected chi connectivity index (χ3v) is 6.36. The van der Waals surface area contributed by atoms with Gasteiger partial charge in [0.15, 0.2) is 0 Å². The van der Waals surface area contributed by atoms with Crippen molar-refractivity contribution in [3.8, 4) is 11.5 Å². The van der Waals surface area contributed by atoms with Gasteiger partial charge in [0.05, 0.1) is 4.90 Å². The molecule has 0 saturated carbocycles. The largest absolute Gasteiger partial charge is 0.403 e. The van der Waals surface area contributed by atoms with Crippen molar-refractivity contribution in [1.29, 1.82) is 0 Å². The highest BCUT2D eigenvalue weighted by molar-refractivity contribution is 7.92. The van der Waals surface area contributed by atoms with Crippen LogP contribution in [0.4, 0.5) is 11.7 Å². The van der Waals surface area contributed by atoms with Gasteiger partial charge in [-0.25, -0.2) is 8.42 Å². The highest BCUT2D eigenvalue weighted by Gasteiger charge is 2.17. The van der Waals surface area contributed by atoms with E-state index in [4.69, 9.17) is 4.42 Å². The summed E-state index contributed by atoms with van der Waals surface area (Å²) in [4.78, 5) is 12.8. The third-order valence-electron chi connectivity index (χ3n) is 4.97. The summed E-state index contributed by atoms with van der Waals surface area (Å²) < 4.78 is 33.3. The maximum Gasteiger partial charge on any atom is 0.322 e. The maximum atomic E-state index is 12.7. The predicted octanol–water partition coefficient (Wildman–Crippen LogP) is 4.71. The highest BCUT2D eigenvalue weighted by atomic mass is 32.2. The Morgan fingerprint density at radius 3 is 2.33 bits per heavy atom. The molecule has 33 heavy (non-hydrogen) atoms. The number of aromatic nitrogens is 2. The van der Waals surface area contributed by atoms with Crippen molar-refractivity contribution < 1.29 is 17.6 Å². The molecule has 9 heteroatoms. The Bertz CT molecular complexity index is 1430. The number of hydrogen-bond donors (Lipinski definition) is 2. The Hall–Kier alpha value is -3.98. The topological polar surface area (TPSA) is 114 Å². The SMILES string of the molecule is Cc1ccc(S(=O)(=O)Nc2cccc(C(=O)Nc3nnc(-c4ccc(C)cc4C)o3)c2)cc1. The van der Waals surface area contributed by atoms with Crippen LogP contribution >= 0.6 is 0 Å². The Morgan fingerprint density at radius 2 is 1.61 bits per heavy atom. The molecule has 0 saturated heterocycles. The van der Waals surface area contributed by atoms with E-state index in [1.54, 1.807) is 30.3 Å². The molecular formula is C24H22N4O4S. The van der Waals surface area contributed by atoms with Gasteiger partial charge in [-0.05, 0) is 62.7 Å². The first-order valence-electron chi connectivity index (χ1n) is 10.1. The third kappa shape index (κ3) is 5.09. The van der Waals surface area contributed by atoms with E-state index in [0.717, 1.165) is 22.3 Å². The number of sulfonamides is 1. The number of amides is 1. The number of carbonyl (C=O) groups excluding carboxylic acids is 1. The fraction of sp³-hybridized carbons (Fsp3) is 0.125. The highest BCUT2D eigenvalue weighted by Crippen LogP contribution is 2.25. The average Bonchev–Trinajstić information content (AvgIpc) is 3.22. The Labute approximate surface area is 191 Å². The van der Waals surface area contributed by atoms with Gasteiger partial charge in [-0.1, -0.05) is 46.6 Å². The molecule has 0 atom stereocenters. The molecule has 0 aliphatic rings. The molecule has 0 bridgehead atoms. The van der Waals surface area contributed by atoms with Crippen LogP contribution in [0.1, 0.15) is 27.0 Å². The summed E-state index contributed by atoms with van der Waals surface area (Å²) in [7, 11) is -3.79. The fourth-order valence-electron chi connectivity index (χ4n) is 3.26. The van der Waals surface area contributed by atoms with Crippen LogP contribution < -0.4 is 10.0 Å². The molecule has 0 fully saturated rings. The standard InChI is InChI=1S/C24H22N4O4S/c1-15-7-10-20(11-8-15)33(30,31)28-19-6-4-5-18(14-19)22(29)25-24-27-26-23(32-24)21-12-9-16(2)13-17(21)3/h4-14,28H,1-3H3,(H,25,27,29). The smallest absolute Gasteiger partial charge is 0.322 e. The number of nitrogens with zero attached hydrogens (tertiary/aromatic N) is 2. The lowest BCUT2D eigenvalue weighted by Crippen LogP contribution is -2.15. The van der Waals surface area contributed by atoms with Gasteiger partial charge in [-0.2, -0.15) is 0 Å². The van der Waals surface area contributed by atoms with Crippen LogP contribution in [0, 0.1) is 20.8 Å². The summed E-state index contributed by atoms with van der Waals surface area (Å²) >= 11 is 0. The molecule has 0 unspecified atom stereocenters. The number of aryl methyl sites for hydroxylation is 3. The van der Waals surface area contributed by atoms with Gasteiger partial charge in [0.25, 0.3) is 15.9 Å². The molecule has 3 aromatic carbocycles. The van der Waals surface area contributed by atoms with Crippen molar-refractivity contribution in [2.45, 2.75) is 25.7 Å². The van der Waals surface area contributed by atoms with E-state index in [0.29, 0.717) is 5.89 Å². The van der Waals surface area contributed by atoms with Crippen molar-refractivity contribution in [2.24, 2.45) is 0 Å². The van der Waals surface area contributed by atoms with Crippen LogP contribution in [0.5, 0.6) is 0 Å². The van der Waals surface area contributed by atoms with E-state index in [1.807, 2.05) is 39.0 Å². The van der Waals surface area contributed by atoms with Gasteiger partial charge in [0.1, 0.15) is 0 Å². The second-order valence-electron chi connectivity index (χ2n) is 7.68. The van der Waals surface area contributed by atoms with E-state index in [9.17, 15) is 13.2 Å². The minimum Gasteiger partial charge on any atom is -0.403 e. The number of anilines is 2. The van der Waals surface area contributed by atoms with Gasteiger partial charge in [0, 0.05) is 16.8 Å². The number of carbonyl (C=O) groups is 1. The molecule has 1 aromatic heterocycles. The molecule has 0 aliphatic carbocycles. The Kier molecular flexibility index (Phi) is 5.97. The minimum atomic E-state index is -3.79. The molecule has 0 spiro atoms. The van der Waals surface area contributed by atoms with Crippen LogP contribution in [0.3, 0.4) is 0 Å².